The lowest BCUT2D eigenvalue weighted by molar-refractivity contribution is 0.769. The Bertz CT molecular complexity index is 586. The summed E-state index contributed by atoms with van der Waals surface area (Å²) >= 11 is 1.62. The summed E-state index contributed by atoms with van der Waals surface area (Å²) in [5, 5.41) is 12.2. The minimum absolute atomic E-state index is 0.922. The molecule has 0 amide bonds. The Balaban J connectivity index is 2.68. The number of aromatic nitrogens is 5. The summed E-state index contributed by atoms with van der Waals surface area (Å²) in [6.45, 7) is 2.01. The number of nitrogens with zero attached hydrogens (tertiary/aromatic N) is 5. The maximum Gasteiger partial charge on any atom is 0.218 e. The molecule has 0 radical (unpaired) electrons. The molecule has 0 aromatic carbocycles. The number of aryl methyl sites for hydroxylation is 2. The molecule has 0 N–H and O–H groups in total. The van der Waals surface area contributed by atoms with Crippen LogP contribution in [-0.4, -0.2) is 24.4 Å². The second-order valence-electron chi connectivity index (χ2n) is 2.95. The van der Waals surface area contributed by atoms with E-state index < -0.39 is 0 Å². The Morgan fingerprint density at radius 1 is 1.46 bits per heavy atom. The number of hydrogen-bond acceptors (Lipinski definition) is 4. The molecule has 3 aromatic rings. The van der Waals surface area contributed by atoms with Crippen LogP contribution in [0.15, 0.2) is 6.33 Å². The normalized spacial score (nSPS) is 11.8. The maximum absolute atomic E-state index is 4.33. The van der Waals surface area contributed by atoms with Crippen LogP contribution in [0.1, 0.15) is 5.69 Å². The SMILES string of the molecule is Cc1nn(C)c2c1sc1nncn12. The van der Waals surface area contributed by atoms with E-state index in [-0.39, 0.29) is 0 Å². The summed E-state index contributed by atoms with van der Waals surface area (Å²) in [6, 6.07) is 0. The van der Waals surface area contributed by atoms with Gasteiger partial charge in [0.2, 0.25) is 4.96 Å². The van der Waals surface area contributed by atoms with Gasteiger partial charge in [-0.05, 0) is 6.92 Å². The highest BCUT2D eigenvalue weighted by Crippen LogP contribution is 2.26. The molecule has 0 aliphatic rings. The fourth-order valence-electron chi connectivity index (χ4n) is 1.54. The first-order valence-corrected chi connectivity index (χ1v) is 4.71. The number of fused-ring (bicyclic) bond motifs is 3. The zero-order valence-corrected chi connectivity index (χ0v) is 8.04. The minimum Gasteiger partial charge on any atom is -0.256 e. The molecule has 0 atom stereocenters. The largest absolute Gasteiger partial charge is 0.256 e. The summed E-state index contributed by atoms with van der Waals surface area (Å²) in [5.74, 6) is 0. The van der Waals surface area contributed by atoms with Gasteiger partial charge in [0, 0.05) is 7.05 Å². The van der Waals surface area contributed by atoms with Crippen molar-refractivity contribution >= 4 is 26.6 Å². The molecule has 6 heteroatoms. The van der Waals surface area contributed by atoms with Crippen molar-refractivity contribution in [1.82, 2.24) is 24.4 Å². The van der Waals surface area contributed by atoms with Gasteiger partial charge in [-0.1, -0.05) is 11.3 Å². The smallest absolute Gasteiger partial charge is 0.218 e. The lowest BCUT2D eigenvalue weighted by Gasteiger charge is -1.88. The molecule has 0 aliphatic carbocycles. The van der Waals surface area contributed by atoms with Gasteiger partial charge in [-0.15, -0.1) is 10.2 Å². The zero-order valence-electron chi connectivity index (χ0n) is 7.22. The Morgan fingerprint density at radius 2 is 2.31 bits per heavy atom. The van der Waals surface area contributed by atoms with Crippen molar-refractivity contribution in [3.05, 3.63) is 12.0 Å². The standard InChI is InChI=1S/C7H7N5S/c1-4-5-6(11(2)10-4)12-3-8-9-7(12)13-5/h3H,1-2H3. The van der Waals surface area contributed by atoms with E-state index in [1.807, 2.05) is 23.1 Å². The van der Waals surface area contributed by atoms with Crippen LogP contribution in [0, 0.1) is 6.92 Å². The Labute approximate surface area is 77.6 Å². The monoisotopic (exact) mass is 193 g/mol. The third-order valence-corrected chi connectivity index (χ3v) is 3.22. The second kappa shape index (κ2) is 2.08. The van der Waals surface area contributed by atoms with E-state index in [0.717, 1.165) is 16.3 Å². The maximum atomic E-state index is 4.33. The van der Waals surface area contributed by atoms with Crippen molar-refractivity contribution in [3.8, 4) is 0 Å². The number of hydrogen-bond donors (Lipinski definition) is 0. The fraction of sp³-hybridized carbons (Fsp3) is 0.286. The second-order valence-corrected chi connectivity index (χ2v) is 3.92. The van der Waals surface area contributed by atoms with Gasteiger partial charge in [0.05, 0.1) is 10.4 Å². The van der Waals surface area contributed by atoms with E-state index in [9.17, 15) is 0 Å². The van der Waals surface area contributed by atoms with E-state index in [2.05, 4.69) is 15.3 Å². The molecule has 0 unspecified atom stereocenters. The summed E-state index contributed by atoms with van der Waals surface area (Å²) in [6.07, 6.45) is 1.72. The van der Waals surface area contributed by atoms with Crippen molar-refractivity contribution in [1.29, 1.82) is 0 Å². The van der Waals surface area contributed by atoms with Crippen LogP contribution in [0.3, 0.4) is 0 Å². The first kappa shape index (κ1) is 7.02. The Kier molecular flexibility index (Phi) is 1.12. The van der Waals surface area contributed by atoms with Crippen molar-refractivity contribution in [3.63, 3.8) is 0 Å². The number of thiazole rings is 1. The Hall–Kier alpha value is -1.43. The first-order chi connectivity index (χ1) is 6.27. The molecule has 0 saturated carbocycles. The third-order valence-electron chi connectivity index (χ3n) is 2.08. The van der Waals surface area contributed by atoms with E-state index in [0.29, 0.717) is 0 Å². The minimum atomic E-state index is 0.922. The van der Waals surface area contributed by atoms with Crippen LogP contribution in [0.4, 0.5) is 0 Å². The zero-order chi connectivity index (χ0) is 9.00. The predicted octanol–water partition coefficient (Wildman–Crippen LogP) is 0.986. The highest BCUT2D eigenvalue weighted by Gasteiger charge is 2.12. The highest BCUT2D eigenvalue weighted by molar-refractivity contribution is 7.23. The lowest BCUT2D eigenvalue weighted by Crippen LogP contribution is -1.93. The van der Waals surface area contributed by atoms with Gasteiger partial charge in [0.15, 0.2) is 5.65 Å². The molecular weight excluding hydrogens is 186 g/mol. The van der Waals surface area contributed by atoms with Gasteiger partial charge in [-0.3, -0.25) is 9.08 Å². The lowest BCUT2D eigenvalue weighted by atomic mass is 10.5. The van der Waals surface area contributed by atoms with Crippen molar-refractivity contribution in [2.75, 3.05) is 0 Å². The molecule has 3 aromatic heterocycles. The van der Waals surface area contributed by atoms with Crippen LogP contribution in [0.2, 0.25) is 0 Å². The Morgan fingerprint density at radius 3 is 3.15 bits per heavy atom. The fourth-order valence-corrected chi connectivity index (χ4v) is 2.55. The van der Waals surface area contributed by atoms with Crippen LogP contribution in [0.25, 0.3) is 15.3 Å². The predicted molar refractivity (Wildman–Crippen MR) is 49.9 cm³/mol. The molecule has 0 spiro atoms. The van der Waals surface area contributed by atoms with Gasteiger partial charge in [0.25, 0.3) is 0 Å². The van der Waals surface area contributed by atoms with Crippen molar-refractivity contribution < 1.29 is 0 Å². The van der Waals surface area contributed by atoms with Crippen LogP contribution < -0.4 is 0 Å². The van der Waals surface area contributed by atoms with E-state index in [4.69, 9.17) is 0 Å². The average Bonchev–Trinajstić information content (AvgIpc) is 2.63. The van der Waals surface area contributed by atoms with Crippen molar-refractivity contribution in [2.24, 2.45) is 7.05 Å². The van der Waals surface area contributed by atoms with Crippen LogP contribution >= 0.6 is 11.3 Å². The third kappa shape index (κ3) is 0.732. The van der Waals surface area contributed by atoms with Crippen molar-refractivity contribution in [2.45, 2.75) is 6.92 Å². The van der Waals surface area contributed by atoms with Gasteiger partial charge >= 0.3 is 0 Å². The summed E-state index contributed by atoms with van der Waals surface area (Å²) in [4.78, 5) is 0.922. The van der Waals surface area contributed by atoms with E-state index in [1.165, 1.54) is 4.70 Å². The van der Waals surface area contributed by atoms with Gasteiger partial charge in [-0.2, -0.15) is 5.10 Å². The van der Waals surface area contributed by atoms with Crippen LogP contribution in [0.5, 0.6) is 0 Å². The first-order valence-electron chi connectivity index (χ1n) is 3.89. The topological polar surface area (TPSA) is 48.0 Å². The summed E-state index contributed by atoms with van der Waals surface area (Å²) in [5.41, 5.74) is 2.12. The van der Waals surface area contributed by atoms with E-state index in [1.54, 1.807) is 17.7 Å². The molecule has 0 aliphatic heterocycles. The molecule has 0 fully saturated rings. The average molecular weight is 193 g/mol. The molecule has 3 rings (SSSR count). The quantitative estimate of drug-likeness (QED) is 0.535. The van der Waals surface area contributed by atoms with Gasteiger partial charge in [-0.25, -0.2) is 0 Å². The van der Waals surface area contributed by atoms with Gasteiger partial charge in [0.1, 0.15) is 6.33 Å². The number of rotatable bonds is 0. The molecule has 0 saturated heterocycles. The molecule has 5 nitrogen and oxygen atoms in total. The van der Waals surface area contributed by atoms with Gasteiger partial charge < -0.3 is 0 Å². The molecule has 0 bridgehead atoms. The molecular formula is C7H7N5S. The molecule has 13 heavy (non-hydrogen) atoms. The molecule has 3 heterocycles. The summed E-state index contributed by atoms with van der Waals surface area (Å²) < 4.78 is 5.00. The highest BCUT2D eigenvalue weighted by atomic mass is 32.1. The molecule has 66 valence electrons. The van der Waals surface area contributed by atoms with E-state index >= 15 is 0 Å². The van der Waals surface area contributed by atoms with Crippen LogP contribution in [-0.2, 0) is 7.05 Å². The summed E-state index contributed by atoms with van der Waals surface area (Å²) in [7, 11) is 1.93.